The molecule has 1 saturated heterocycles. The number of carbonyl (C=O) groups is 1. The summed E-state index contributed by atoms with van der Waals surface area (Å²) in [4.78, 5) is 21.2. The van der Waals surface area contributed by atoms with Crippen molar-refractivity contribution in [1.29, 1.82) is 0 Å². The van der Waals surface area contributed by atoms with Crippen LogP contribution >= 0.6 is 24.0 Å². The third-order valence-electron chi connectivity index (χ3n) is 5.21. The van der Waals surface area contributed by atoms with Gasteiger partial charge in [0.25, 0.3) is 5.91 Å². The molecule has 1 aliphatic heterocycles. The first-order valence-electron chi connectivity index (χ1n) is 10.5. The molecule has 1 amide bonds. The number of hydrogen-bond acceptors (Lipinski definition) is 6. The zero-order chi connectivity index (χ0) is 21.5. The number of aryl methyl sites for hydroxylation is 1. The highest BCUT2D eigenvalue weighted by Crippen LogP contribution is 2.10. The van der Waals surface area contributed by atoms with Gasteiger partial charge in [-0.3, -0.25) is 4.79 Å². The maximum atomic E-state index is 12.5. The van der Waals surface area contributed by atoms with E-state index < -0.39 is 0 Å². The largest absolute Gasteiger partial charge is 0.467 e. The van der Waals surface area contributed by atoms with Crippen LogP contribution in [0.3, 0.4) is 0 Å². The number of hydrogen-bond donors (Lipinski definition) is 1. The van der Waals surface area contributed by atoms with E-state index in [4.69, 9.17) is 13.8 Å². The molecule has 0 unspecified atom stereocenters. The number of nitrogens with one attached hydrogen (secondary N) is 1. The topological polar surface area (TPSA) is 105 Å². The molecule has 172 valence electrons. The minimum absolute atomic E-state index is 0. The second-order valence-electron chi connectivity index (χ2n) is 7.20. The van der Waals surface area contributed by atoms with Crippen LogP contribution in [-0.4, -0.2) is 69.2 Å². The third kappa shape index (κ3) is 5.90. The average molecular weight is 553 g/mol. The molecule has 1 N–H and O–H groups in total. The molecule has 1 aliphatic rings. The Morgan fingerprint density at radius 1 is 1.12 bits per heavy atom. The first-order chi connectivity index (χ1) is 15.2. The van der Waals surface area contributed by atoms with E-state index in [0.29, 0.717) is 45.0 Å². The fourth-order valence-corrected chi connectivity index (χ4v) is 3.53. The van der Waals surface area contributed by atoms with Crippen molar-refractivity contribution in [2.24, 2.45) is 4.99 Å². The number of rotatable bonds is 7. The van der Waals surface area contributed by atoms with Gasteiger partial charge in [0.1, 0.15) is 24.5 Å². The van der Waals surface area contributed by atoms with Crippen LogP contribution < -0.4 is 5.32 Å². The zero-order valence-electron chi connectivity index (χ0n) is 18.0. The van der Waals surface area contributed by atoms with Crippen LogP contribution in [0.2, 0.25) is 0 Å². The Morgan fingerprint density at radius 2 is 1.88 bits per heavy atom. The fraction of sp³-hybridized carbons (Fsp3) is 0.429. The Morgan fingerprint density at radius 3 is 2.56 bits per heavy atom. The number of aliphatic imine (C=N–C) groups is 1. The molecule has 4 rings (SSSR count). The molecule has 3 aromatic heterocycles. The van der Waals surface area contributed by atoms with Crippen molar-refractivity contribution in [3.63, 3.8) is 0 Å². The molecule has 4 heterocycles. The van der Waals surface area contributed by atoms with Crippen molar-refractivity contribution in [3.8, 4) is 0 Å². The van der Waals surface area contributed by atoms with Gasteiger partial charge in [-0.1, -0.05) is 6.92 Å². The summed E-state index contributed by atoms with van der Waals surface area (Å²) in [6, 6.07) is 7.19. The van der Waals surface area contributed by atoms with Crippen molar-refractivity contribution < 1.29 is 13.6 Å². The Kier molecular flexibility index (Phi) is 8.71. The molecule has 3 aromatic rings. The standard InChI is InChI=1S/C21H27N7O3.HI/c1-2-19-25-24-16-28(19)8-7-22-21(23-15-17-5-3-13-30-17)27-11-9-26(10-12-27)20(29)18-6-4-14-31-18;/h3-6,13-14,16H,2,7-12,15H2,1H3,(H,22,23);1H. The van der Waals surface area contributed by atoms with Gasteiger partial charge >= 0.3 is 0 Å². The lowest BCUT2D eigenvalue weighted by molar-refractivity contribution is 0.0657. The average Bonchev–Trinajstić information content (AvgIpc) is 3.58. The van der Waals surface area contributed by atoms with Gasteiger partial charge in [-0.25, -0.2) is 4.99 Å². The van der Waals surface area contributed by atoms with E-state index in [1.807, 2.05) is 21.6 Å². The van der Waals surface area contributed by atoms with E-state index in [9.17, 15) is 4.79 Å². The number of guanidine groups is 1. The van der Waals surface area contributed by atoms with Crippen molar-refractivity contribution in [2.45, 2.75) is 26.4 Å². The molecule has 11 heteroatoms. The van der Waals surface area contributed by atoms with Crippen molar-refractivity contribution >= 4 is 35.8 Å². The smallest absolute Gasteiger partial charge is 0.289 e. The molecule has 0 aliphatic carbocycles. The molecule has 0 spiro atoms. The van der Waals surface area contributed by atoms with Crippen LogP contribution in [0.1, 0.15) is 29.1 Å². The van der Waals surface area contributed by atoms with E-state index >= 15 is 0 Å². The molecule has 0 saturated carbocycles. The number of halogens is 1. The van der Waals surface area contributed by atoms with Gasteiger partial charge in [-0.2, -0.15) is 0 Å². The Labute approximate surface area is 203 Å². The van der Waals surface area contributed by atoms with E-state index in [0.717, 1.165) is 30.5 Å². The van der Waals surface area contributed by atoms with Gasteiger partial charge < -0.3 is 28.5 Å². The fourth-order valence-electron chi connectivity index (χ4n) is 3.53. The molecule has 32 heavy (non-hydrogen) atoms. The van der Waals surface area contributed by atoms with Gasteiger partial charge in [0.15, 0.2) is 11.7 Å². The molecule has 0 atom stereocenters. The lowest BCUT2D eigenvalue weighted by atomic mass is 10.3. The maximum Gasteiger partial charge on any atom is 0.289 e. The highest BCUT2D eigenvalue weighted by atomic mass is 127. The summed E-state index contributed by atoms with van der Waals surface area (Å²) in [5.41, 5.74) is 0. The monoisotopic (exact) mass is 553 g/mol. The quantitative estimate of drug-likeness (QED) is 0.272. The second-order valence-corrected chi connectivity index (χ2v) is 7.20. The third-order valence-corrected chi connectivity index (χ3v) is 5.21. The van der Waals surface area contributed by atoms with Gasteiger partial charge in [-0.05, 0) is 24.3 Å². The molecular weight excluding hydrogens is 525 g/mol. The normalized spacial score (nSPS) is 14.3. The van der Waals surface area contributed by atoms with Crippen molar-refractivity contribution in [1.82, 2.24) is 29.9 Å². The summed E-state index contributed by atoms with van der Waals surface area (Å²) in [7, 11) is 0. The molecule has 0 bridgehead atoms. The molecular formula is C21H28IN7O3. The predicted octanol–water partition coefficient (Wildman–Crippen LogP) is 2.25. The van der Waals surface area contributed by atoms with Gasteiger partial charge in [-0.15, -0.1) is 34.2 Å². The molecule has 10 nitrogen and oxygen atoms in total. The highest BCUT2D eigenvalue weighted by molar-refractivity contribution is 14.0. The molecule has 0 aromatic carbocycles. The number of nitrogens with zero attached hydrogens (tertiary/aromatic N) is 6. The number of piperazine rings is 1. The maximum absolute atomic E-state index is 12.5. The molecule has 0 radical (unpaired) electrons. The lowest BCUT2D eigenvalue weighted by Gasteiger charge is -2.36. The van der Waals surface area contributed by atoms with Gasteiger partial charge in [0.05, 0.1) is 12.5 Å². The SMILES string of the molecule is CCc1nncn1CCNC(=NCc1ccco1)N1CCN(C(=O)c2ccco2)CC1.I. The number of amides is 1. The van der Waals surface area contributed by atoms with Crippen LogP contribution in [0.4, 0.5) is 0 Å². The summed E-state index contributed by atoms with van der Waals surface area (Å²) in [6.45, 7) is 6.52. The van der Waals surface area contributed by atoms with E-state index in [2.05, 4.69) is 27.3 Å². The predicted molar refractivity (Wildman–Crippen MR) is 129 cm³/mol. The number of aromatic nitrogens is 3. The van der Waals surface area contributed by atoms with E-state index in [1.54, 1.807) is 24.7 Å². The summed E-state index contributed by atoms with van der Waals surface area (Å²) in [6.07, 6.45) is 5.76. The van der Waals surface area contributed by atoms with Crippen LogP contribution in [0.25, 0.3) is 0 Å². The summed E-state index contributed by atoms with van der Waals surface area (Å²) >= 11 is 0. The summed E-state index contributed by atoms with van der Waals surface area (Å²) in [5.74, 6) is 2.86. The van der Waals surface area contributed by atoms with Crippen LogP contribution in [0, 0.1) is 0 Å². The Hall–Kier alpha value is -2.83. The zero-order valence-corrected chi connectivity index (χ0v) is 20.3. The van der Waals surface area contributed by atoms with E-state index in [-0.39, 0.29) is 29.9 Å². The molecule has 1 fully saturated rings. The summed E-state index contributed by atoms with van der Waals surface area (Å²) < 4.78 is 12.7. The summed E-state index contributed by atoms with van der Waals surface area (Å²) in [5, 5.41) is 11.6. The number of carbonyl (C=O) groups excluding carboxylic acids is 1. The first kappa shape index (κ1) is 23.8. The van der Waals surface area contributed by atoms with Crippen LogP contribution in [-0.2, 0) is 19.5 Å². The van der Waals surface area contributed by atoms with Gasteiger partial charge in [0.2, 0.25) is 0 Å². The Bertz CT molecular complexity index is 977. The van der Waals surface area contributed by atoms with E-state index in [1.165, 1.54) is 6.26 Å². The van der Waals surface area contributed by atoms with Crippen molar-refractivity contribution in [3.05, 3.63) is 60.5 Å². The van der Waals surface area contributed by atoms with Gasteiger partial charge in [0, 0.05) is 45.7 Å². The number of furan rings is 2. The second kappa shape index (κ2) is 11.7. The minimum atomic E-state index is -0.0774. The minimum Gasteiger partial charge on any atom is -0.467 e. The highest BCUT2D eigenvalue weighted by Gasteiger charge is 2.25. The Balaban J connectivity index is 0.00000289. The van der Waals surface area contributed by atoms with Crippen LogP contribution in [0.5, 0.6) is 0 Å². The van der Waals surface area contributed by atoms with Crippen molar-refractivity contribution in [2.75, 3.05) is 32.7 Å². The lowest BCUT2D eigenvalue weighted by Crippen LogP contribution is -2.54. The first-order valence-corrected chi connectivity index (χ1v) is 10.5. The van der Waals surface area contributed by atoms with Crippen LogP contribution in [0.15, 0.2) is 56.9 Å².